The Morgan fingerprint density at radius 2 is 2.06 bits per heavy atom. The molecule has 0 aliphatic rings. The molecule has 0 saturated heterocycles. The number of amides is 1. The third-order valence-corrected chi connectivity index (χ3v) is 3.08. The molecule has 0 bridgehead atoms. The lowest BCUT2D eigenvalue weighted by atomic mass is 10.1. The van der Waals surface area contributed by atoms with Crippen LogP contribution in [0.25, 0.3) is 0 Å². The van der Waals surface area contributed by atoms with E-state index in [2.05, 4.69) is 5.32 Å². The van der Waals surface area contributed by atoms with Gasteiger partial charge >= 0.3 is 0 Å². The summed E-state index contributed by atoms with van der Waals surface area (Å²) in [4.78, 5) is 11.9. The molecule has 1 atom stereocenters. The molecule has 1 rings (SSSR count). The fourth-order valence-electron chi connectivity index (χ4n) is 1.26. The summed E-state index contributed by atoms with van der Waals surface area (Å²) < 4.78 is 5.01. The van der Waals surface area contributed by atoms with Crippen molar-refractivity contribution < 1.29 is 9.53 Å². The maximum absolute atomic E-state index is 11.9. The second-order valence-corrected chi connectivity index (χ2v) is 4.56. The number of benzene rings is 1. The molecular weight excluding hydrogens is 261 g/mol. The number of halogens is 2. The highest BCUT2D eigenvalue weighted by atomic mass is 35.5. The van der Waals surface area contributed by atoms with Crippen LogP contribution in [0.15, 0.2) is 12.1 Å². The van der Waals surface area contributed by atoms with Gasteiger partial charge in [-0.3, -0.25) is 4.79 Å². The van der Waals surface area contributed by atoms with Crippen molar-refractivity contribution in [3.63, 3.8) is 0 Å². The Labute approximate surface area is 111 Å². The number of hydrogen-bond donors (Lipinski definition) is 1. The van der Waals surface area contributed by atoms with Gasteiger partial charge in [-0.2, -0.15) is 0 Å². The van der Waals surface area contributed by atoms with E-state index in [0.29, 0.717) is 21.4 Å². The molecule has 0 heterocycles. The van der Waals surface area contributed by atoms with Crippen molar-refractivity contribution in [3.8, 4) is 5.75 Å². The van der Waals surface area contributed by atoms with Crippen LogP contribution in [0, 0.1) is 0 Å². The second-order valence-electron chi connectivity index (χ2n) is 3.75. The van der Waals surface area contributed by atoms with E-state index in [0.717, 1.165) is 6.42 Å². The zero-order chi connectivity index (χ0) is 13.0. The van der Waals surface area contributed by atoms with Crippen LogP contribution in [0.2, 0.25) is 10.0 Å². The van der Waals surface area contributed by atoms with Gasteiger partial charge in [-0.05, 0) is 19.4 Å². The molecule has 3 nitrogen and oxygen atoms in total. The van der Waals surface area contributed by atoms with Crippen molar-refractivity contribution >= 4 is 29.1 Å². The average molecular weight is 276 g/mol. The first-order chi connectivity index (χ1) is 7.99. The minimum atomic E-state index is -0.228. The number of nitrogens with one attached hydrogen (secondary N) is 1. The standard InChI is InChI=1S/C12H15Cl2NO2/c1-4-7(2)15-12(16)8-5-10(14)11(17-3)6-9(8)13/h5-7H,4H2,1-3H3,(H,15,16). The predicted octanol–water partition coefficient (Wildman–Crippen LogP) is 3.53. The molecular formula is C12H15Cl2NO2. The molecule has 5 heteroatoms. The smallest absolute Gasteiger partial charge is 0.253 e. The first-order valence-electron chi connectivity index (χ1n) is 5.33. The van der Waals surface area contributed by atoms with Crippen molar-refractivity contribution in [1.82, 2.24) is 5.32 Å². The topological polar surface area (TPSA) is 38.3 Å². The monoisotopic (exact) mass is 275 g/mol. The highest BCUT2D eigenvalue weighted by Crippen LogP contribution is 2.30. The summed E-state index contributed by atoms with van der Waals surface area (Å²) in [5.41, 5.74) is 0.359. The number of hydrogen-bond acceptors (Lipinski definition) is 2. The summed E-state index contributed by atoms with van der Waals surface area (Å²) in [6.45, 7) is 3.92. The SMILES string of the molecule is CCC(C)NC(=O)c1cc(Cl)c(OC)cc1Cl. The first kappa shape index (κ1) is 14.1. The van der Waals surface area contributed by atoms with Crippen LogP contribution < -0.4 is 10.1 Å². The second kappa shape index (κ2) is 6.12. The first-order valence-corrected chi connectivity index (χ1v) is 6.09. The van der Waals surface area contributed by atoms with Crippen LogP contribution in [0.4, 0.5) is 0 Å². The van der Waals surface area contributed by atoms with Gasteiger partial charge < -0.3 is 10.1 Å². The van der Waals surface area contributed by atoms with Crippen LogP contribution in [-0.2, 0) is 0 Å². The number of rotatable bonds is 4. The lowest BCUT2D eigenvalue weighted by molar-refractivity contribution is 0.0939. The molecule has 1 N–H and O–H groups in total. The largest absolute Gasteiger partial charge is 0.495 e. The van der Waals surface area contributed by atoms with Gasteiger partial charge in [0.2, 0.25) is 0 Å². The Hall–Kier alpha value is -0.930. The van der Waals surface area contributed by atoms with Gasteiger partial charge in [-0.15, -0.1) is 0 Å². The highest BCUT2D eigenvalue weighted by Gasteiger charge is 2.15. The zero-order valence-electron chi connectivity index (χ0n) is 10.0. The van der Waals surface area contributed by atoms with Gasteiger partial charge in [0.15, 0.2) is 0 Å². The third-order valence-electron chi connectivity index (χ3n) is 2.48. The summed E-state index contributed by atoms with van der Waals surface area (Å²) in [5, 5.41) is 3.52. The van der Waals surface area contributed by atoms with Crippen LogP contribution in [0.5, 0.6) is 5.75 Å². The minimum absolute atomic E-state index is 0.0967. The Balaban J connectivity index is 2.98. The lowest BCUT2D eigenvalue weighted by Gasteiger charge is -2.13. The number of methoxy groups -OCH3 is 1. The molecule has 0 spiro atoms. The van der Waals surface area contributed by atoms with E-state index in [-0.39, 0.29) is 11.9 Å². The van der Waals surface area contributed by atoms with Crippen molar-refractivity contribution in [2.75, 3.05) is 7.11 Å². The van der Waals surface area contributed by atoms with Crippen molar-refractivity contribution in [1.29, 1.82) is 0 Å². The summed E-state index contributed by atoms with van der Waals surface area (Å²) in [6.07, 6.45) is 0.854. The van der Waals surface area contributed by atoms with E-state index < -0.39 is 0 Å². The van der Waals surface area contributed by atoms with Gasteiger partial charge in [0.1, 0.15) is 5.75 Å². The number of carbonyl (C=O) groups excluding carboxylic acids is 1. The summed E-state index contributed by atoms with van der Waals surface area (Å²) in [6, 6.07) is 3.15. The van der Waals surface area contributed by atoms with E-state index in [9.17, 15) is 4.79 Å². The minimum Gasteiger partial charge on any atom is -0.495 e. The Kier molecular flexibility index (Phi) is 5.09. The van der Waals surface area contributed by atoms with E-state index in [4.69, 9.17) is 27.9 Å². The zero-order valence-corrected chi connectivity index (χ0v) is 11.5. The molecule has 1 amide bonds. The van der Waals surface area contributed by atoms with Crippen LogP contribution >= 0.6 is 23.2 Å². The molecule has 0 saturated carbocycles. The normalized spacial score (nSPS) is 12.1. The molecule has 0 aromatic heterocycles. The van der Waals surface area contributed by atoms with Crippen molar-refractivity contribution in [2.24, 2.45) is 0 Å². The molecule has 0 fully saturated rings. The van der Waals surface area contributed by atoms with E-state index in [1.807, 2.05) is 13.8 Å². The summed E-state index contributed by atoms with van der Waals surface area (Å²) in [7, 11) is 1.50. The van der Waals surface area contributed by atoms with E-state index in [1.165, 1.54) is 19.2 Å². The highest BCUT2D eigenvalue weighted by molar-refractivity contribution is 6.36. The van der Waals surface area contributed by atoms with Gasteiger partial charge in [-0.25, -0.2) is 0 Å². The Morgan fingerprint density at radius 1 is 1.41 bits per heavy atom. The molecule has 17 heavy (non-hydrogen) atoms. The van der Waals surface area contributed by atoms with Gasteiger partial charge in [0, 0.05) is 12.1 Å². The fraction of sp³-hybridized carbons (Fsp3) is 0.417. The van der Waals surface area contributed by atoms with Crippen molar-refractivity contribution in [3.05, 3.63) is 27.7 Å². The van der Waals surface area contributed by atoms with Gasteiger partial charge in [-0.1, -0.05) is 30.1 Å². The van der Waals surface area contributed by atoms with Crippen LogP contribution in [0.3, 0.4) is 0 Å². The molecule has 94 valence electrons. The Morgan fingerprint density at radius 3 is 2.59 bits per heavy atom. The molecule has 0 radical (unpaired) electrons. The lowest BCUT2D eigenvalue weighted by Crippen LogP contribution is -2.32. The average Bonchev–Trinajstić information content (AvgIpc) is 2.31. The van der Waals surface area contributed by atoms with E-state index >= 15 is 0 Å². The molecule has 0 aliphatic heterocycles. The number of carbonyl (C=O) groups is 1. The number of ether oxygens (including phenoxy) is 1. The molecule has 0 aliphatic carbocycles. The maximum Gasteiger partial charge on any atom is 0.253 e. The third kappa shape index (κ3) is 3.51. The quantitative estimate of drug-likeness (QED) is 0.913. The van der Waals surface area contributed by atoms with Crippen LogP contribution in [0.1, 0.15) is 30.6 Å². The van der Waals surface area contributed by atoms with Gasteiger partial charge in [0.05, 0.1) is 22.7 Å². The summed E-state index contributed by atoms with van der Waals surface area (Å²) in [5.74, 6) is 0.227. The maximum atomic E-state index is 11.9. The van der Waals surface area contributed by atoms with E-state index in [1.54, 1.807) is 0 Å². The van der Waals surface area contributed by atoms with Gasteiger partial charge in [0.25, 0.3) is 5.91 Å². The summed E-state index contributed by atoms with van der Waals surface area (Å²) >= 11 is 12.0. The van der Waals surface area contributed by atoms with Crippen molar-refractivity contribution in [2.45, 2.75) is 26.3 Å². The molecule has 1 unspecified atom stereocenters. The van der Waals surface area contributed by atoms with Crippen LogP contribution in [-0.4, -0.2) is 19.1 Å². The molecule has 1 aromatic carbocycles. The fourth-order valence-corrected chi connectivity index (χ4v) is 1.74. The Bertz CT molecular complexity index is 421. The predicted molar refractivity (Wildman–Crippen MR) is 70.2 cm³/mol. The molecule has 1 aromatic rings.